The lowest BCUT2D eigenvalue weighted by atomic mass is 10.1. The average Bonchev–Trinajstić information content (AvgIpc) is 2.52. The first-order valence-corrected chi connectivity index (χ1v) is 7.38. The van der Waals surface area contributed by atoms with Crippen molar-refractivity contribution < 1.29 is 9.53 Å². The van der Waals surface area contributed by atoms with Crippen molar-refractivity contribution >= 4 is 29.1 Å². The van der Waals surface area contributed by atoms with Crippen molar-refractivity contribution in [3.63, 3.8) is 0 Å². The first kappa shape index (κ1) is 18.3. The minimum Gasteiger partial charge on any atom is -0.493 e. The Labute approximate surface area is 137 Å². The molecule has 3 N–H and O–H groups in total. The number of benzene rings is 2. The number of carbonyl (C=O) groups is 1. The molecular formula is C17H23ClN2O2. The van der Waals surface area contributed by atoms with Crippen LogP contribution >= 0.6 is 12.4 Å². The standard InChI is InChI=1S/C17H22N2O2.ClH/c18-11-5-12-19-17(20)10-4-13-21-16-9-3-7-14-6-1-2-8-15(14)16;/h1-3,6-9H,4-5,10-13,18H2,(H,19,20);1H. The summed E-state index contributed by atoms with van der Waals surface area (Å²) in [6, 6.07) is 14.1. The molecular weight excluding hydrogens is 300 g/mol. The molecule has 0 spiro atoms. The van der Waals surface area contributed by atoms with E-state index in [-0.39, 0.29) is 18.3 Å². The normalized spacial score (nSPS) is 10.0. The number of rotatable bonds is 8. The zero-order chi connectivity index (χ0) is 14.9. The highest BCUT2D eigenvalue weighted by atomic mass is 35.5. The Morgan fingerprint density at radius 2 is 1.86 bits per heavy atom. The van der Waals surface area contributed by atoms with Gasteiger partial charge in [-0.15, -0.1) is 12.4 Å². The minimum absolute atomic E-state index is 0. The molecule has 2 aromatic rings. The third kappa shape index (κ3) is 5.54. The van der Waals surface area contributed by atoms with Crippen molar-refractivity contribution in [2.75, 3.05) is 19.7 Å². The summed E-state index contributed by atoms with van der Waals surface area (Å²) in [5, 5.41) is 5.10. The van der Waals surface area contributed by atoms with Gasteiger partial charge in [0.25, 0.3) is 0 Å². The van der Waals surface area contributed by atoms with Crippen molar-refractivity contribution in [1.29, 1.82) is 0 Å². The van der Waals surface area contributed by atoms with Gasteiger partial charge < -0.3 is 15.8 Å². The Bertz CT molecular complexity index is 584. The van der Waals surface area contributed by atoms with Crippen LogP contribution in [0, 0.1) is 0 Å². The topological polar surface area (TPSA) is 64.3 Å². The predicted molar refractivity (Wildman–Crippen MR) is 92.6 cm³/mol. The Hall–Kier alpha value is -1.78. The van der Waals surface area contributed by atoms with Gasteiger partial charge in [0, 0.05) is 18.4 Å². The fraction of sp³-hybridized carbons (Fsp3) is 0.353. The lowest BCUT2D eigenvalue weighted by molar-refractivity contribution is -0.121. The van der Waals surface area contributed by atoms with Crippen LogP contribution < -0.4 is 15.8 Å². The van der Waals surface area contributed by atoms with Gasteiger partial charge in [0.15, 0.2) is 0 Å². The van der Waals surface area contributed by atoms with E-state index in [4.69, 9.17) is 10.5 Å². The molecule has 5 heteroatoms. The number of halogens is 1. The van der Waals surface area contributed by atoms with E-state index >= 15 is 0 Å². The number of carbonyl (C=O) groups excluding carboxylic acids is 1. The van der Waals surface area contributed by atoms with Gasteiger partial charge in [-0.05, 0) is 30.8 Å². The highest BCUT2D eigenvalue weighted by Crippen LogP contribution is 2.25. The van der Waals surface area contributed by atoms with E-state index in [1.807, 2.05) is 30.3 Å². The Balaban J connectivity index is 0.00000242. The molecule has 0 aliphatic heterocycles. The maximum absolute atomic E-state index is 11.5. The molecule has 120 valence electrons. The SMILES string of the molecule is Cl.NCCCNC(=O)CCCOc1cccc2ccccc12. The van der Waals surface area contributed by atoms with Crippen molar-refractivity contribution in [3.8, 4) is 5.75 Å². The molecule has 0 aliphatic carbocycles. The Morgan fingerprint density at radius 1 is 1.09 bits per heavy atom. The van der Waals surface area contributed by atoms with Crippen LogP contribution in [0.25, 0.3) is 10.8 Å². The molecule has 0 saturated heterocycles. The van der Waals surface area contributed by atoms with Crippen LogP contribution in [0.15, 0.2) is 42.5 Å². The smallest absolute Gasteiger partial charge is 0.220 e. The molecule has 0 heterocycles. The van der Waals surface area contributed by atoms with Crippen LogP contribution in [0.2, 0.25) is 0 Å². The molecule has 2 aromatic carbocycles. The summed E-state index contributed by atoms with van der Waals surface area (Å²) in [5.41, 5.74) is 5.37. The first-order valence-electron chi connectivity index (χ1n) is 7.38. The second kappa shape index (κ2) is 10.0. The highest BCUT2D eigenvalue weighted by molar-refractivity contribution is 5.88. The zero-order valence-corrected chi connectivity index (χ0v) is 13.4. The summed E-state index contributed by atoms with van der Waals surface area (Å²) in [5.74, 6) is 0.932. The van der Waals surface area contributed by atoms with Gasteiger partial charge in [0.2, 0.25) is 5.91 Å². The van der Waals surface area contributed by atoms with E-state index in [1.165, 1.54) is 0 Å². The molecule has 0 aromatic heterocycles. The fourth-order valence-electron chi connectivity index (χ4n) is 2.15. The molecule has 22 heavy (non-hydrogen) atoms. The van der Waals surface area contributed by atoms with Crippen LogP contribution in [0.1, 0.15) is 19.3 Å². The Morgan fingerprint density at radius 3 is 2.68 bits per heavy atom. The summed E-state index contributed by atoms with van der Waals surface area (Å²) in [6.07, 6.45) is 2.01. The Kier molecular flexibility index (Phi) is 8.33. The fourth-order valence-corrected chi connectivity index (χ4v) is 2.15. The van der Waals surface area contributed by atoms with Crippen molar-refractivity contribution in [1.82, 2.24) is 5.32 Å². The van der Waals surface area contributed by atoms with Crippen molar-refractivity contribution in [3.05, 3.63) is 42.5 Å². The number of fused-ring (bicyclic) bond motifs is 1. The highest BCUT2D eigenvalue weighted by Gasteiger charge is 2.03. The van der Waals surface area contributed by atoms with Crippen LogP contribution in [-0.2, 0) is 4.79 Å². The van der Waals surface area contributed by atoms with Gasteiger partial charge in [-0.1, -0.05) is 36.4 Å². The van der Waals surface area contributed by atoms with Gasteiger partial charge in [-0.25, -0.2) is 0 Å². The summed E-state index contributed by atoms with van der Waals surface area (Å²) < 4.78 is 5.80. The molecule has 0 fully saturated rings. The van der Waals surface area contributed by atoms with Gasteiger partial charge in [0.1, 0.15) is 5.75 Å². The van der Waals surface area contributed by atoms with E-state index in [9.17, 15) is 4.79 Å². The molecule has 2 rings (SSSR count). The van der Waals surface area contributed by atoms with E-state index in [1.54, 1.807) is 0 Å². The van der Waals surface area contributed by atoms with Gasteiger partial charge in [0.05, 0.1) is 6.61 Å². The van der Waals surface area contributed by atoms with Gasteiger partial charge >= 0.3 is 0 Å². The van der Waals surface area contributed by atoms with E-state index in [0.29, 0.717) is 32.5 Å². The quantitative estimate of drug-likeness (QED) is 0.734. The molecule has 1 amide bonds. The number of nitrogens with one attached hydrogen (secondary N) is 1. The van der Waals surface area contributed by atoms with E-state index in [0.717, 1.165) is 22.9 Å². The number of hydrogen-bond acceptors (Lipinski definition) is 3. The molecule has 0 atom stereocenters. The summed E-state index contributed by atoms with van der Waals surface area (Å²) >= 11 is 0. The summed E-state index contributed by atoms with van der Waals surface area (Å²) in [6.45, 7) is 1.79. The molecule has 0 radical (unpaired) electrons. The summed E-state index contributed by atoms with van der Waals surface area (Å²) in [4.78, 5) is 11.5. The molecule has 4 nitrogen and oxygen atoms in total. The van der Waals surface area contributed by atoms with Gasteiger partial charge in [-0.3, -0.25) is 4.79 Å². The van der Waals surface area contributed by atoms with E-state index in [2.05, 4.69) is 17.4 Å². The first-order chi connectivity index (χ1) is 10.3. The van der Waals surface area contributed by atoms with Crippen LogP contribution in [-0.4, -0.2) is 25.6 Å². The monoisotopic (exact) mass is 322 g/mol. The molecule has 0 saturated carbocycles. The van der Waals surface area contributed by atoms with Crippen LogP contribution in [0.3, 0.4) is 0 Å². The predicted octanol–water partition coefficient (Wildman–Crippen LogP) is 2.89. The molecule has 0 unspecified atom stereocenters. The maximum Gasteiger partial charge on any atom is 0.220 e. The lowest BCUT2D eigenvalue weighted by Crippen LogP contribution is -2.26. The lowest BCUT2D eigenvalue weighted by Gasteiger charge is -2.09. The third-order valence-corrected chi connectivity index (χ3v) is 3.26. The van der Waals surface area contributed by atoms with Crippen molar-refractivity contribution in [2.45, 2.75) is 19.3 Å². The van der Waals surface area contributed by atoms with E-state index < -0.39 is 0 Å². The van der Waals surface area contributed by atoms with Gasteiger partial charge in [-0.2, -0.15) is 0 Å². The minimum atomic E-state index is 0. The second-order valence-electron chi connectivity index (χ2n) is 4.92. The summed E-state index contributed by atoms with van der Waals surface area (Å²) in [7, 11) is 0. The molecule has 0 bridgehead atoms. The second-order valence-corrected chi connectivity index (χ2v) is 4.92. The maximum atomic E-state index is 11.5. The van der Waals surface area contributed by atoms with Crippen LogP contribution in [0.4, 0.5) is 0 Å². The number of nitrogens with two attached hydrogens (primary N) is 1. The average molecular weight is 323 g/mol. The number of ether oxygens (including phenoxy) is 1. The largest absolute Gasteiger partial charge is 0.493 e. The molecule has 0 aliphatic rings. The third-order valence-electron chi connectivity index (χ3n) is 3.26. The zero-order valence-electron chi connectivity index (χ0n) is 12.6. The number of amides is 1. The van der Waals surface area contributed by atoms with Crippen molar-refractivity contribution in [2.24, 2.45) is 5.73 Å². The number of hydrogen-bond donors (Lipinski definition) is 2. The van der Waals surface area contributed by atoms with Crippen LogP contribution in [0.5, 0.6) is 5.75 Å².